The topological polar surface area (TPSA) is 58.2 Å². The maximum atomic E-state index is 12.3. The van der Waals surface area contributed by atoms with Crippen LogP contribution < -0.4 is 10.0 Å². The molecule has 0 aliphatic rings. The summed E-state index contributed by atoms with van der Waals surface area (Å²) >= 11 is 4.78. The smallest absolute Gasteiger partial charge is 0.243 e. The molecule has 2 N–H and O–H groups in total. The van der Waals surface area contributed by atoms with Crippen LogP contribution in [0.15, 0.2) is 14.7 Å². The van der Waals surface area contributed by atoms with E-state index in [1.54, 1.807) is 6.07 Å². The fraction of sp³-hybridized carbons (Fsp3) is 0.667. The molecule has 1 aromatic rings. The molecule has 0 amide bonds. The molecule has 0 aliphatic carbocycles. The van der Waals surface area contributed by atoms with Crippen LogP contribution in [0.1, 0.15) is 39.5 Å². The number of nitrogens with one attached hydrogen (secondary N) is 2. The summed E-state index contributed by atoms with van der Waals surface area (Å²) in [6.07, 6.45) is 0. The Morgan fingerprint density at radius 1 is 1.37 bits per heavy atom. The molecule has 7 heteroatoms. The van der Waals surface area contributed by atoms with Crippen LogP contribution in [-0.4, -0.2) is 20.0 Å². The number of halogens is 1. The summed E-state index contributed by atoms with van der Waals surface area (Å²) in [6, 6.07) is 2.09. The zero-order valence-corrected chi connectivity index (χ0v) is 15.1. The lowest BCUT2D eigenvalue weighted by Crippen LogP contribution is -2.40. The van der Waals surface area contributed by atoms with Crippen LogP contribution >= 0.6 is 27.3 Å². The summed E-state index contributed by atoms with van der Waals surface area (Å²) in [7, 11) is -3.48. The van der Waals surface area contributed by atoms with E-state index in [9.17, 15) is 8.42 Å². The van der Waals surface area contributed by atoms with Crippen molar-refractivity contribution in [2.24, 2.45) is 0 Å². The predicted molar refractivity (Wildman–Crippen MR) is 84.1 cm³/mol. The van der Waals surface area contributed by atoms with Crippen molar-refractivity contribution in [3.8, 4) is 0 Å². The van der Waals surface area contributed by atoms with Crippen LogP contribution in [0.4, 0.5) is 0 Å². The standard InChI is InChI=1S/C12H21BrN2O2S2/c1-8(2)14-7-9-6-10(11(13)18-9)19(16,17)15-12(3,4)5/h6,8,14-15H,7H2,1-5H3. The minimum absolute atomic E-state index is 0.313. The first-order valence-corrected chi connectivity index (χ1v) is 9.16. The van der Waals surface area contributed by atoms with E-state index in [2.05, 4.69) is 39.8 Å². The van der Waals surface area contributed by atoms with Crippen molar-refractivity contribution < 1.29 is 8.42 Å². The summed E-state index contributed by atoms with van der Waals surface area (Å²) in [6.45, 7) is 10.3. The third kappa shape index (κ3) is 5.51. The Kier molecular flexibility index (Phi) is 5.60. The van der Waals surface area contributed by atoms with Gasteiger partial charge in [-0.1, -0.05) is 13.8 Å². The van der Waals surface area contributed by atoms with Crippen LogP contribution in [-0.2, 0) is 16.6 Å². The van der Waals surface area contributed by atoms with Gasteiger partial charge in [0.25, 0.3) is 0 Å². The van der Waals surface area contributed by atoms with Crippen molar-refractivity contribution in [1.82, 2.24) is 10.0 Å². The predicted octanol–water partition coefficient (Wildman–Crippen LogP) is 3.09. The van der Waals surface area contributed by atoms with E-state index in [4.69, 9.17) is 0 Å². The van der Waals surface area contributed by atoms with Crippen molar-refractivity contribution in [3.05, 3.63) is 14.7 Å². The molecule has 0 aromatic carbocycles. The van der Waals surface area contributed by atoms with E-state index >= 15 is 0 Å². The Bertz CT molecular complexity index is 530. The number of sulfonamides is 1. The van der Waals surface area contributed by atoms with Crippen LogP contribution in [0.2, 0.25) is 0 Å². The zero-order valence-electron chi connectivity index (χ0n) is 11.9. The fourth-order valence-electron chi connectivity index (χ4n) is 1.43. The third-order valence-corrected chi connectivity index (χ3v) is 6.13. The average Bonchev–Trinajstić information content (AvgIpc) is 2.53. The molecule has 0 atom stereocenters. The highest BCUT2D eigenvalue weighted by atomic mass is 79.9. The zero-order chi connectivity index (χ0) is 14.8. The largest absolute Gasteiger partial charge is 0.310 e. The maximum absolute atomic E-state index is 12.3. The third-order valence-electron chi connectivity index (χ3n) is 2.12. The Balaban J connectivity index is 2.95. The summed E-state index contributed by atoms with van der Waals surface area (Å²) in [4.78, 5) is 1.31. The van der Waals surface area contributed by atoms with Crippen molar-refractivity contribution in [3.63, 3.8) is 0 Å². The molecule has 0 aliphatic heterocycles. The number of hydrogen-bond donors (Lipinski definition) is 2. The van der Waals surface area contributed by atoms with Gasteiger partial charge in [0.2, 0.25) is 10.0 Å². The van der Waals surface area contributed by atoms with Gasteiger partial charge in [-0.15, -0.1) is 11.3 Å². The summed E-state index contributed by atoms with van der Waals surface area (Å²) < 4.78 is 27.8. The summed E-state index contributed by atoms with van der Waals surface area (Å²) in [5.74, 6) is 0. The van der Waals surface area contributed by atoms with E-state index in [0.29, 0.717) is 21.3 Å². The van der Waals surface area contributed by atoms with Crippen LogP contribution in [0, 0.1) is 0 Å². The van der Waals surface area contributed by atoms with Gasteiger partial charge in [0.15, 0.2) is 0 Å². The molecule has 0 unspecified atom stereocenters. The molecular weight excluding hydrogens is 348 g/mol. The lowest BCUT2D eigenvalue weighted by Gasteiger charge is -2.19. The minimum Gasteiger partial charge on any atom is -0.310 e. The molecule has 19 heavy (non-hydrogen) atoms. The monoisotopic (exact) mass is 368 g/mol. The van der Waals surface area contributed by atoms with Gasteiger partial charge in [-0.05, 0) is 42.8 Å². The molecule has 1 aromatic heterocycles. The minimum atomic E-state index is -3.48. The van der Waals surface area contributed by atoms with E-state index in [1.165, 1.54) is 11.3 Å². The molecule has 1 rings (SSSR count). The number of thiophene rings is 1. The Morgan fingerprint density at radius 2 is 1.95 bits per heavy atom. The Hall–Kier alpha value is 0.0500. The van der Waals surface area contributed by atoms with Crippen LogP contribution in [0.3, 0.4) is 0 Å². The van der Waals surface area contributed by atoms with Gasteiger partial charge in [-0.2, -0.15) is 0 Å². The Labute approximate surface area is 128 Å². The molecule has 0 saturated carbocycles. The van der Waals surface area contributed by atoms with E-state index < -0.39 is 15.6 Å². The first-order chi connectivity index (χ1) is 8.51. The van der Waals surface area contributed by atoms with Gasteiger partial charge in [-0.25, -0.2) is 13.1 Å². The van der Waals surface area contributed by atoms with E-state index in [1.807, 2.05) is 20.8 Å². The lowest BCUT2D eigenvalue weighted by molar-refractivity contribution is 0.491. The molecule has 110 valence electrons. The summed E-state index contributed by atoms with van der Waals surface area (Å²) in [5.41, 5.74) is -0.490. The fourth-order valence-corrected chi connectivity index (χ4v) is 5.48. The molecule has 0 fully saturated rings. The molecule has 0 saturated heterocycles. The van der Waals surface area contributed by atoms with E-state index in [-0.39, 0.29) is 0 Å². The molecule has 1 heterocycles. The van der Waals surface area contributed by atoms with Crippen molar-refractivity contribution in [1.29, 1.82) is 0 Å². The van der Waals surface area contributed by atoms with Gasteiger partial charge in [0.1, 0.15) is 4.90 Å². The molecule has 4 nitrogen and oxygen atoms in total. The van der Waals surface area contributed by atoms with Crippen LogP contribution in [0.25, 0.3) is 0 Å². The number of rotatable bonds is 5. The van der Waals surface area contributed by atoms with Gasteiger partial charge in [0, 0.05) is 23.0 Å². The second-order valence-corrected chi connectivity index (χ2v) is 9.85. The van der Waals surface area contributed by atoms with Gasteiger partial charge < -0.3 is 5.32 Å². The molecule has 0 radical (unpaired) electrons. The molecule has 0 bridgehead atoms. The number of hydrogen-bond acceptors (Lipinski definition) is 4. The average molecular weight is 369 g/mol. The quantitative estimate of drug-likeness (QED) is 0.839. The Morgan fingerprint density at radius 3 is 2.42 bits per heavy atom. The molecular formula is C12H21BrN2O2S2. The van der Waals surface area contributed by atoms with Crippen molar-refractivity contribution >= 4 is 37.3 Å². The van der Waals surface area contributed by atoms with Gasteiger partial charge >= 0.3 is 0 Å². The van der Waals surface area contributed by atoms with Gasteiger partial charge in [0.05, 0.1) is 3.79 Å². The highest BCUT2D eigenvalue weighted by Crippen LogP contribution is 2.32. The highest BCUT2D eigenvalue weighted by Gasteiger charge is 2.25. The van der Waals surface area contributed by atoms with Crippen molar-refractivity contribution in [2.45, 2.75) is 57.6 Å². The molecule has 0 spiro atoms. The van der Waals surface area contributed by atoms with Crippen LogP contribution in [0.5, 0.6) is 0 Å². The second-order valence-electron chi connectivity index (χ2n) is 5.74. The second kappa shape index (κ2) is 6.22. The summed E-state index contributed by atoms with van der Waals surface area (Å²) in [5, 5.41) is 3.28. The maximum Gasteiger partial charge on any atom is 0.243 e. The SMILES string of the molecule is CC(C)NCc1cc(S(=O)(=O)NC(C)(C)C)c(Br)s1. The normalized spacial score (nSPS) is 13.2. The lowest BCUT2D eigenvalue weighted by atomic mass is 10.1. The first kappa shape index (κ1) is 17.1. The highest BCUT2D eigenvalue weighted by molar-refractivity contribution is 9.11. The van der Waals surface area contributed by atoms with E-state index in [0.717, 1.165) is 4.88 Å². The first-order valence-electron chi connectivity index (χ1n) is 6.07. The van der Waals surface area contributed by atoms with Gasteiger partial charge in [-0.3, -0.25) is 0 Å². The van der Waals surface area contributed by atoms with Crippen molar-refractivity contribution in [2.75, 3.05) is 0 Å².